The van der Waals surface area contributed by atoms with Gasteiger partial charge in [0, 0.05) is 53.9 Å². The van der Waals surface area contributed by atoms with Gasteiger partial charge in [0.15, 0.2) is 5.75 Å². The average molecular weight is 1590 g/mol. The number of nitro groups is 1. The Hall–Kier alpha value is -9.96. The fourth-order valence-corrected chi connectivity index (χ4v) is 15.8. The van der Waals surface area contributed by atoms with Gasteiger partial charge in [-0.15, -0.1) is 0 Å². The first-order valence-electron chi connectivity index (χ1n) is 38.2. The van der Waals surface area contributed by atoms with Gasteiger partial charge in [0.1, 0.15) is 28.7 Å². The smallest absolute Gasteiger partial charge is 0.471 e. The highest BCUT2D eigenvalue weighted by Gasteiger charge is 2.45. The Labute approximate surface area is 656 Å². The van der Waals surface area contributed by atoms with Gasteiger partial charge in [-0.25, -0.2) is 0 Å². The van der Waals surface area contributed by atoms with Crippen LogP contribution in [-0.2, 0) is 47.9 Å². The molecular formula is C85H107F9N8O11. The Morgan fingerprint density at radius 1 is 0.416 bits per heavy atom. The largest absolute Gasteiger partial charge is 0.497 e. The first-order chi connectivity index (χ1) is 53.8. The van der Waals surface area contributed by atoms with E-state index in [0.29, 0.717) is 42.0 Å². The normalized spacial score (nSPS) is 17.0. The lowest BCUT2D eigenvalue weighted by molar-refractivity contribution is -0.385. The van der Waals surface area contributed by atoms with Crippen LogP contribution >= 0.6 is 0 Å². The molecule has 5 aliphatic carbocycles. The van der Waals surface area contributed by atoms with Gasteiger partial charge in [-0.2, -0.15) is 50.0 Å². The van der Waals surface area contributed by atoms with Crippen LogP contribution in [0.4, 0.5) is 50.9 Å². The maximum atomic E-state index is 12.5. The molecule has 0 heterocycles. The third-order valence-electron chi connectivity index (χ3n) is 22.4. The molecule has 113 heavy (non-hydrogen) atoms. The van der Waals surface area contributed by atoms with Gasteiger partial charge in [-0.3, -0.25) is 24.5 Å². The molecule has 5 aliphatic rings. The van der Waals surface area contributed by atoms with Crippen LogP contribution in [0.2, 0.25) is 0 Å². The number of carbonyl (C=O) groups is 3. The highest BCUT2D eigenvalue weighted by atomic mass is 19.4. The van der Waals surface area contributed by atoms with Crippen molar-refractivity contribution in [3.8, 4) is 46.6 Å². The van der Waals surface area contributed by atoms with Gasteiger partial charge < -0.3 is 55.8 Å². The number of nitrogens with two attached hydrogens (primary N) is 2. The van der Waals surface area contributed by atoms with Crippen LogP contribution in [0, 0.1) is 32.8 Å². The van der Waals surface area contributed by atoms with Crippen LogP contribution < -0.4 is 55.8 Å². The van der Waals surface area contributed by atoms with Gasteiger partial charge in [0.05, 0.1) is 77.2 Å². The second-order valence-electron chi connectivity index (χ2n) is 29.3. The van der Waals surface area contributed by atoms with Gasteiger partial charge in [-0.1, -0.05) is 157 Å². The topological polar surface area (TPSA) is 285 Å². The molecule has 0 atom stereocenters. The molecule has 5 fully saturated rings. The molecule has 0 bridgehead atoms. The molecule has 0 spiro atoms. The lowest BCUT2D eigenvalue weighted by Gasteiger charge is -2.38. The van der Waals surface area contributed by atoms with Gasteiger partial charge in [-0.05, 0) is 164 Å². The molecule has 0 aliphatic heterocycles. The van der Waals surface area contributed by atoms with Gasteiger partial charge in [0.25, 0.3) is 0 Å². The number of alkyl halides is 9. The summed E-state index contributed by atoms with van der Waals surface area (Å²) in [5, 5.41) is 35.1. The molecule has 19 nitrogen and oxygen atoms in total. The minimum absolute atomic E-state index is 0.0116. The monoisotopic (exact) mass is 1590 g/mol. The van der Waals surface area contributed by atoms with Gasteiger partial charge >= 0.3 is 41.9 Å². The second kappa shape index (κ2) is 43.3. The predicted octanol–water partition coefficient (Wildman–Crippen LogP) is 18.3. The minimum atomic E-state index is -4.96. The number of hydrogen-bond donors (Lipinski definition) is 5. The quantitative estimate of drug-likeness (QED) is 0.0206. The molecule has 7 N–H and O–H groups in total. The molecule has 3 amide bonds. The molecular weight excluding hydrogens is 1480 g/mol. The first-order valence-corrected chi connectivity index (χ1v) is 38.2. The van der Waals surface area contributed by atoms with Crippen molar-refractivity contribution in [1.82, 2.24) is 16.0 Å². The molecule has 0 unspecified atom stereocenters. The number of anilines is 1. The molecule has 6 aromatic rings. The van der Waals surface area contributed by atoms with Crippen molar-refractivity contribution in [2.24, 2.45) is 5.73 Å². The Morgan fingerprint density at radius 2 is 0.708 bits per heavy atom. The summed E-state index contributed by atoms with van der Waals surface area (Å²) in [7, 11) is 9.37. The molecule has 5 saturated carbocycles. The van der Waals surface area contributed by atoms with E-state index in [2.05, 4.69) is 29.6 Å². The zero-order chi connectivity index (χ0) is 82.9. The van der Waals surface area contributed by atoms with Crippen LogP contribution in [0.15, 0.2) is 133 Å². The van der Waals surface area contributed by atoms with E-state index in [1.54, 1.807) is 58.8 Å². The summed E-state index contributed by atoms with van der Waals surface area (Å²) < 4.78 is 142. The van der Waals surface area contributed by atoms with E-state index in [9.17, 15) is 69.3 Å². The van der Waals surface area contributed by atoms with Crippen molar-refractivity contribution in [3.63, 3.8) is 0 Å². The number of nitrogens with one attached hydrogen (secondary N) is 3. The summed E-state index contributed by atoms with van der Waals surface area (Å²) in [4.78, 5) is 44.1. The number of carbonyl (C=O) groups excluding carboxylic acids is 3. The van der Waals surface area contributed by atoms with Crippen LogP contribution in [0.3, 0.4) is 0 Å². The van der Waals surface area contributed by atoms with E-state index in [1.165, 1.54) is 83.3 Å². The summed E-state index contributed by atoms with van der Waals surface area (Å²) >= 11 is 0. The summed E-state index contributed by atoms with van der Waals surface area (Å²) in [5.74, 6) is -1.85. The highest BCUT2D eigenvalue weighted by Crippen LogP contribution is 2.46. The van der Waals surface area contributed by atoms with E-state index < -0.39 is 57.4 Å². The number of ether oxygens (including phenoxy) is 6. The Bertz CT molecular complexity index is 4020. The number of rotatable bonds is 20. The number of nitrogen functional groups attached to an aromatic ring is 1. The van der Waals surface area contributed by atoms with Crippen molar-refractivity contribution in [2.75, 3.05) is 74.6 Å². The maximum Gasteiger partial charge on any atom is 0.471 e. The number of benzene rings is 6. The minimum Gasteiger partial charge on any atom is -0.497 e. The molecule has 0 saturated heterocycles. The maximum absolute atomic E-state index is 12.5. The molecule has 28 heteroatoms. The van der Waals surface area contributed by atoms with Crippen molar-refractivity contribution in [3.05, 3.63) is 177 Å². The van der Waals surface area contributed by atoms with Gasteiger partial charge in [0.2, 0.25) is 0 Å². The van der Waals surface area contributed by atoms with Crippen LogP contribution in [0.25, 0.3) is 0 Å². The second-order valence-corrected chi connectivity index (χ2v) is 29.3. The number of nitro benzene ring substituents is 1. The molecule has 11 rings (SSSR count). The average Bonchev–Trinajstić information content (AvgIpc) is 0.728. The van der Waals surface area contributed by atoms with E-state index in [0.717, 1.165) is 142 Å². The van der Waals surface area contributed by atoms with E-state index in [4.69, 9.17) is 45.2 Å². The van der Waals surface area contributed by atoms with Crippen LogP contribution in [0.1, 0.15) is 194 Å². The Balaban J connectivity index is 0.000000215. The number of nitrogens with zero attached hydrogens (tertiary/aromatic N) is 3. The third kappa shape index (κ3) is 26.3. The van der Waals surface area contributed by atoms with Crippen molar-refractivity contribution in [1.29, 1.82) is 10.5 Å². The van der Waals surface area contributed by atoms with Crippen LogP contribution in [-0.4, -0.2) is 110 Å². The number of halogens is 9. The third-order valence-corrected chi connectivity index (χ3v) is 22.4. The van der Waals surface area contributed by atoms with E-state index in [1.807, 2.05) is 89.5 Å². The van der Waals surface area contributed by atoms with E-state index in [-0.39, 0.29) is 41.9 Å². The SMILES string of the molecule is COc1ccc(C2(C#N)CCCCC2)cc1.COc1ccc(C2(CN)CCCCC2)cc1.COc1ccc(C2(CNC(=O)C(F)(F)F)CCCCC2)cc1.COc1ccc(C2(CNC(=O)C(F)(F)F)CCCCC2)cc1N.COc1ccc(C2(CNC(=O)C(F)(F)F)CCCCC2)cc1[N+](=O)[O-].COc1ccc(CC#N)cc1. The summed E-state index contributed by atoms with van der Waals surface area (Å²) in [6.07, 6.45) is 10.3. The van der Waals surface area contributed by atoms with E-state index >= 15 is 0 Å². The van der Waals surface area contributed by atoms with Crippen molar-refractivity contribution >= 4 is 29.1 Å². The fourth-order valence-electron chi connectivity index (χ4n) is 15.8. The molecule has 616 valence electrons. The molecule has 0 radical (unpaired) electrons. The zero-order valence-electron chi connectivity index (χ0n) is 65.3. The number of amides is 3. The number of hydrogen-bond acceptors (Lipinski definition) is 15. The Morgan fingerprint density at radius 3 is 1.01 bits per heavy atom. The molecule has 0 aromatic heterocycles. The first kappa shape index (κ1) is 91.9. The lowest BCUT2D eigenvalue weighted by Crippen LogP contribution is -2.46. The zero-order valence-corrected chi connectivity index (χ0v) is 65.3. The standard InChI is InChI=1S/C16H19F3N2O4.C16H21F3N2O2.C16H20F3NO2.C14H21NO.C14H17NO.C9H9NO/c1-25-13-6-5-11(9-12(13)21(23)24)15(7-3-2-4-8-15)10-20-14(22)16(17,18)19;1-23-13-6-5-11(9-12(13)20)15(7-3-2-4-8-15)10-21-14(22)16(17,18)19;1-22-13-7-5-12(6-8-13)15(9-3-2-4-10-15)11-20-14(21)16(17,18)19;2*1-16-13-7-5-12(6-8-13)14(11-15)9-3-2-4-10-14;1-11-9-4-2-8(3-5-9)6-7-10/h5-6,9H,2-4,7-8,10H2,1H3,(H,20,22);5-6,9H,2-4,7-8,10,20H2,1H3,(H,21,22);5-8H,2-4,9-11H2,1H3,(H,20,21);5-8H,2-4,9-11,15H2,1H3;5-8H,2-4,9-10H2,1H3;2-5H,6H2,1H3. The van der Waals surface area contributed by atoms with Crippen LogP contribution in [0.5, 0.6) is 34.5 Å². The number of methoxy groups -OCH3 is 6. The van der Waals surface area contributed by atoms with Crippen molar-refractivity contribution in [2.45, 2.75) is 213 Å². The Kier molecular flexibility index (Phi) is 35.3. The lowest BCUT2D eigenvalue weighted by atomic mass is 9.69. The highest BCUT2D eigenvalue weighted by molar-refractivity contribution is 5.82. The summed E-state index contributed by atoms with van der Waals surface area (Å²) in [6, 6.07) is 45.5. The van der Waals surface area contributed by atoms with Crippen molar-refractivity contribution < 1.29 is 87.2 Å². The molecule has 6 aromatic carbocycles. The predicted molar refractivity (Wildman–Crippen MR) is 414 cm³/mol. The number of nitriles is 2. The summed E-state index contributed by atoms with van der Waals surface area (Å²) in [6.45, 7) is 0.517. The fraction of sp³-hybridized carbons (Fsp3) is 0.518. The summed E-state index contributed by atoms with van der Waals surface area (Å²) in [5.41, 5.74) is 16.3.